The number of hydrogen-bond acceptors (Lipinski definition) is 1. The van der Waals surface area contributed by atoms with Gasteiger partial charge in [-0.05, 0) is 25.7 Å². The predicted molar refractivity (Wildman–Crippen MR) is 107 cm³/mol. The van der Waals surface area contributed by atoms with Gasteiger partial charge in [0.2, 0.25) is 0 Å². The van der Waals surface area contributed by atoms with Crippen molar-refractivity contribution in [2.75, 3.05) is 27.7 Å². The Hall–Kier alpha value is 0.0500. The van der Waals surface area contributed by atoms with Crippen LogP contribution in [0.5, 0.6) is 0 Å². The first-order chi connectivity index (χ1) is 11.3. The molecule has 1 unspecified atom stereocenters. The fourth-order valence-electron chi connectivity index (χ4n) is 3.05. The van der Waals surface area contributed by atoms with Gasteiger partial charge in [-0.1, -0.05) is 65.2 Å². The van der Waals surface area contributed by atoms with Gasteiger partial charge < -0.3 is 14.5 Å². The van der Waals surface area contributed by atoms with E-state index in [1.54, 1.807) is 0 Å². The predicted octanol–water partition coefficient (Wildman–Crippen LogP) is 5.04. The van der Waals surface area contributed by atoms with Crippen LogP contribution in [0.2, 0.25) is 0 Å². The van der Waals surface area contributed by atoms with E-state index in [0.29, 0.717) is 11.0 Å². The highest BCUT2D eigenvalue weighted by atomic mass is 31.1. The van der Waals surface area contributed by atoms with Crippen molar-refractivity contribution in [3.05, 3.63) is 0 Å². The van der Waals surface area contributed by atoms with Crippen molar-refractivity contribution in [1.29, 1.82) is 0 Å². The van der Waals surface area contributed by atoms with Crippen LogP contribution in [0.3, 0.4) is 0 Å². The zero-order chi connectivity index (χ0) is 18.4. The maximum Gasteiger partial charge on any atom is 0.274 e. The number of unbranched alkanes of at least 4 members (excludes halogenated alkanes) is 8. The minimum atomic E-state index is -1.61. The zero-order valence-electron chi connectivity index (χ0n) is 17.0. The van der Waals surface area contributed by atoms with E-state index in [0.717, 1.165) is 25.7 Å². The van der Waals surface area contributed by atoms with E-state index in [1.165, 1.54) is 51.4 Å². The van der Waals surface area contributed by atoms with Crippen molar-refractivity contribution >= 4 is 13.3 Å². The third-order valence-electron chi connectivity index (χ3n) is 4.48. The third kappa shape index (κ3) is 13.4. The molecule has 0 aliphatic rings. The van der Waals surface area contributed by atoms with Crippen LogP contribution in [-0.4, -0.2) is 48.4 Å². The number of aliphatic hydroxyl groups is 1. The average molecular weight is 361 g/mol. The molecule has 0 rings (SSSR count). The van der Waals surface area contributed by atoms with Crippen molar-refractivity contribution < 1.29 is 14.5 Å². The second-order valence-corrected chi connectivity index (χ2v) is 10.1. The van der Waals surface area contributed by atoms with Gasteiger partial charge in [0, 0.05) is 0 Å². The first-order valence-electron chi connectivity index (χ1n) is 10.1. The largest absolute Gasteiger partial charge is 0.628 e. The molecule has 0 aromatic rings. The molecule has 1 N–H and O–H groups in total. The van der Waals surface area contributed by atoms with E-state index >= 15 is 0 Å². The van der Waals surface area contributed by atoms with Gasteiger partial charge >= 0.3 is 0 Å². The van der Waals surface area contributed by atoms with Crippen molar-refractivity contribution in [3.63, 3.8) is 0 Å². The summed E-state index contributed by atoms with van der Waals surface area (Å²) in [6, 6.07) is 0. The number of hydrogen-bond donors (Lipinski definition) is 1. The van der Waals surface area contributed by atoms with Crippen LogP contribution in [0.1, 0.15) is 90.9 Å². The van der Waals surface area contributed by atoms with E-state index in [-0.39, 0.29) is 11.1 Å². The Balaban J connectivity index is 4.55. The molecule has 24 heavy (non-hydrogen) atoms. The smallest absolute Gasteiger partial charge is 0.274 e. The average Bonchev–Trinajstić information content (AvgIpc) is 2.50. The highest BCUT2D eigenvalue weighted by Crippen LogP contribution is 2.31. The lowest BCUT2D eigenvalue weighted by atomic mass is 10.0. The Morgan fingerprint density at radius 1 is 0.833 bits per heavy atom. The summed E-state index contributed by atoms with van der Waals surface area (Å²) in [5.74, 6) is 0. The van der Waals surface area contributed by atoms with Gasteiger partial charge in [0.25, 0.3) is 5.48 Å². The van der Waals surface area contributed by atoms with Crippen molar-refractivity contribution in [3.8, 4) is 0 Å². The van der Waals surface area contributed by atoms with Gasteiger partial charge in [0.05, 0.1) is 28.9 Å². The Morgan fingerprint density at radius 2 is 1.25 bits per heavy atom. The molecule has 0 aliphatic carbocycles. The summed E-state index contributed by atoms with van der Waals surface area (Å²) in [6.07, 6.45) is 14.5. The van der Waals surface area contributed by atoms with Crippen LogP contribution in [0.15, 0.2) is 0 Å². The van der Waals surface area contributed by atoms with Gasteiger partial charge in [-0.2, -0.15) is 0 Å². The van der Waals surface area contributed by atoms with E-state index in [1.807, 2.05) is 21.1 Å². The molecule has 0 saturated carbocycles. The summed E-state index contributed by atoms with van der Waals surface area (Å²) in [5, 5.41) is 10.3. The first kappa shape index (κ1) is 24.1. The molecule has 144 valence electrons. The summed E-state index contributed by atoms with van der Waals surface area (Å²) >= 11 is 0. The van der Waals surface area contributed by atoms with Crippen molar-refractivity contribution in [2.24, 2.45) is 0 Å². The lowest BCUT2D eigenvalue weighted by molar-refractivity contribution is -0.861. The fraction of sp³-hybridized carbons (Fsp3) is 0.950. The summed E-state index contributed by atoms with van der Waals surface area (Å²) in [5.41, 5.74) is 0.402. The minimum absolute atomic E-state index is 0.176. The monoisotopic (exact) mass is 360 g/mol. The Labute approximate surface area is 152 Å². The molecule has 0 fully saturated rings. The maximum absolute atomic E-state index is 12.8. The van der Waals surface area contributed by atoms with Crippen molar-refractivity contribution in [2.45, 2.75) is 96.6 Å². The molecule has 3 nitrogen and oxygen atoms in total. The quantitative estimate of drug-likeness (QED) is 0.252. The number of quaternary nitrogens is 1. The minimum Gasteiger partial charge on any atom is -0.628 e. The molecule has 0 spiro atoms. The Kier molecular flexibility index (Phi) is 14.3. The molecular formula is C20H43NO2P+. The molecule has 0 aromatic heterocycles. The van der Waals surface area contributed by atoms with Gasteiger partial charge in [0.15, 0.2) is 6.54 Å². The third-order valence-corrected chi connectivity index (χ3v) is 6.31. The van der Waals surface area contributed by atoms with E-state index in [9.17, 15) is 10.00 Å². The molecule has 0 radical (unpaired) electrons. The summed E-state index contributed by atoms with van der Waals surface area (Å²) < 4.78 is 0.632. The van der Waals surface area contributed by atoms with E-state index in [4.69, 9.17) is 0 Å². The molecule has 1 atom stereocenters. The van der Waals surface area contributed by atoms with E-state index < -0.39 is 7.77 Å². The second kappa shape index (κ2) is 14.2. The zero-order valence-corrected chi connectivity index (χ0v) is 17.9. The second-order valence-electron chi connectivity index (χ2n) is 8.25. The number of nitrogens with zero attached hydrogens (tertiary/aromatic N) is 1. The molecule has 0 bridgehead atoms. The standard InChI is InChI=1S/C20H42NO2P/c1-6-8-10-12-14-16-19(17-15-13-11-9-7-2)24(23)20(22)18-21(3,4)5/h19H,6-18H2,1-5H3/p+1. The van der Waals surface area contributed by atoms with Crippen LogP contribution in [0, 0.1) is 0 Å². The van der Waals surface area contributed by atoms with Crippen molar-refractivity contribution in [1.82, 2.24) is 0 Å². The summed E-state index contributed by atoms with van der Waals surface area (Å²) in [4.78, 5) is 12.8. The Morgan fingerprint density at radius 3 is 1.62 bits per heavy atom. The lowest BCUT2D eigenvalue weighted by Gasteiger charge is -2.23. The molecule has 0 aliphatic heterocycles. The maximum atomic E-state index is 12.8. The number of rotatable bonds is 15. The highest BCUT2D eigenvalue weighted by Gasteiger charge is 2.24. The molecular weight excluding hydrogens is 317 g/mol. The lowest BCUT2D eigenvalue weighted by Crippen LogP contribution is -2.40. The van der Waals surface area contributed by atoms with E-state index in [2.05, 4.69) is 13.8 Å². The van der Waals surface area contributed by atoms with Crippen LogP contribution in [0.4, 0.5) is 0 Å². The number of likely N-dealkylation sites (N-methyl/N-ethyl adjacent to an activating group) is 1. The molecule has 0 heterocycles. The number of aliphatic hydroxyl groups excluding tert-OH is 1. The normalized spacial score (nSPS) is 13.5. The van der Waals surface area contributed by atoms with Gasteiger partial charge in [-0.25, -0.2) is 0 Å². The van der Waals surface area contributed by atoms with Gasteiger partial charge in [-0.15, -0.1) is 0 Å². The fourth-order valence-corrected chi connectivity index (χ4v) is 4.87. The van der Waals surface area contributed by atoms with Crippen LogP contribution >= 0.6 is 7.77 Å². The summed E-state index contributed by atoms with van der Waals surface area (Å²) in [7, 11) is 4.48. The van der Waals surface area contributed by atoms with Crippen LogP contribution < -0.4 is 4.89 Å². The van der Waals surface area contributed by atoms with Crippen LogP contribution in [0.25, 0.3) is 0 Å². The topological polar surface area (TPSA) is 43.3 Å². The molecule has 0 aromatic carbocycles. The molecule has 0 amide bonds. The summed E-state index contributed by atoms with van der Waals surface area (Å²) in [6.45, 7) is 4.96. The molecule has 0 saturated heterocycles. The SMILES string of the molecule is CCCCCCCC(CCCCCCC)/[P+]([O-])=C(\O)C[N+](C)(C)C. The Bertz CT molecular complexity index is 323. The van der Waals surface area contributed by atoms with Gasteiger partial charge in [-0.3, -0.25) is 0 Å². The van der Waals surface area contributed by atoms with Gasteiger partial charge in [0.1, 0.15) is 5.66 Å². The molecule has 4 heteroatoms. The first-order valence-corrected chi connectivity index (χ1v) is 11.5. The highest BCUT2D eigenvalue weighted by molar-refractivity contribution is 7.52. The van der Waals surface area contributed by atoms with Crippen LogP contribution in [-0.2, 0) is 0 Å².